The molecule has 0 saturated heterocycles. The Morgan fingerprint density at radius 1 is 1.22 bits per heavy atom. The first-order valence-corrected chi connectivity index (χ1v) is 9.19. The summed E-state index contributed by atoms with van der Waals surface area (Å²) in [5.74, 6) is 0.829. The van der Waals surface area contributed by atoms with Gasteiger partial charge < -0.3 is 14.5 Å². The number of amides is 1. The quantitative estimate of drug-likeness (QED) is 0.492. The molecule has 0 aliphatic rings. The first-order chi connectivity index (χ1) is 13.1. The third-order valence-electron chi connectivity index (χ3n) is 3.70. The molecule has 0 aliphatic carbocycles. The van der Waals surface area contributed by atoms with E-state index in [1.165, 1.54) is 18.9 Å². The van der Waals surface area contributed by atoms with Gasteiger partial charge in [-0.05, 0) is 43.3 Å². The summed E-state index contributed by atoms with van der Waals surface area (Å²) in [6.45, 7) is 2.63. The van der Waals surface area contributed by atoms with Gasteiger partial charge in [0.1, 0.15) is 0 Å². The molecule has 0 bridgehead atoms. The molecular weight excluding hydrogens is 368 g/mol. The van der Waals surface area contributed by atoms with Crippen LogP contribution in [-0.2, 0) is 16.1 Å². The molecule has 0 atom stereocenters. The molecule has 9 heteroatoms. The number of nitrogens with zero attached hydrogens (tertiary/aromatic N) is 3. The van der Waals surface area contributed by atoms with Crippen molar-refractivity contribution in [3.05, 3.63) is 48.2 Å². The van der Waals surface area contributed by atoms with Crippen LogP contribution in [0.3, 0.4) is 0 Å². The van der Waals surface area contributed by atoms with Gasteiger partial charge in [-0.25, -0.2) is 4.79 Å². The van der Waals surface area contributed by atoms with Crippen LogP contribution in [0.15, 0.2) is 52.2 Å². The van der Waals surface area contributed by atoms with E-state index < -0.39 is 5.97 Å². The third kappa shape index (κ3) is 4.37. The zero-order chi connectivity index (χ0) is 19.2. The number of ether oxygens (including phenoxy) is 1. The van der Waals surface area contributed by atoms with E-state index in [2.05, 4.69) is 20.3 Å². The third-order valence-corrected chi connectivity index (χ3v) is 4.66. The molecule has 3 rings (SSSR count). The fourth-order valence-electron chi connectivity index (χ4n) is 2.40. The Labute approximate surface area is 159 Å². The van der Waals surface area contributed by atoms with Gasteiger partial charge >= 0.3 is 5.97 Å². The molecular formula is C18H18N4O4S. The topological polar surface area (TPSA) is 99.2 Å². The first kappa shape index (κ1) is 18.7. The molecule has 1 amide bonds. The van der Waals surface area contributed by atoms with Crippen molar-refractivity contribution in [2.75, 3.05) is 18.2 Å². The Balaban J connectivity index is 1.60. The number of thioether (sulfide) groups is 1. The minimum atomic E-state index is -0.422. The number of nitrogens with one attached hydrogen (secondary N) is 1. The molecule has 1 N–H and O–H groups in total. The molecule has 140 valence electrons. The minimum Gasteiger partial charge on any atom is -0.465 e. The predicted octanol–water partition coefficient (Wildman–Crippen LogP) is 3.08. The highest BCUT2D eigenvalue weighted by Gasteiger charge is 2.16. The predicted molar refractivity (Wildman–Crippen MR) is 101 cm³/mol. The summed E-state index contributed by atoms with van der Waals surface area (Å²) in [5, 5.41) is 11.7. The van der Waals surface area contributed by atoms with Gasteiger partial charge in [-0.15, -0.1) is 10.2 Å². The molecule has 0 spiro atoms. The van der Waals surface area contributed by atoms with Crippen LogP contribution in [0.25, 0.3) is 11.6 Å². The zero-order valence-corrected chi connectivity index (χ0v) is 15.7. The average Bonchev–Trinajstić information content (AvgIpc) is 3.35. The Hall–Kier alpha value is -3.07. The van der Waals surface area contributed by atoms with Gasteiger partial charge in [-0.3, -0.25) is 9.36 Å². The van der Waals surface area contributed by atoms with Gasteiger partial charge in [0.15, 0.2) is 16.7 Å². The van der Waals surface area contributed by atoms with Crippen LogP contribution in [0.1, 0.15) is 17.3 Å². The van der Waals surface area contributed by atoms with Crippen molar-refractivity contribution in [2.45, 2.75) is 18.6 Å². The molecule has 1 aromatic carbocycles. The van der Waals surface area contributed by atoms with Crippen LogP contribution in [0, 0.1) is 0 Å². The monoisotopic (exact) mass is 386 g/mol. The van der Waals surface area contributed by atoms with Crippen LogP contribution >= 0.6 is 11.8 Å². The van der Waals surface area contributed by atoms with Gasteiger partial charge in [0, 0.05) is 12.2 Å². The highest BCUT2D eigenvalue weighted by molar-refractivity contribution is 7.99. The molecule has 8 nitrogen and oxygen atoms in total. The van der Waals surface area contributed by atoms with E-state index in [4.69, 9.17) is 4.42 Å². The summed E-state index contributed by atoms with van der Waals surface area (Å²) < 4.78 is 11.9. The second-order valence-electron chi connectivity index (χ2n) is 5.43. The fourth-order valence-corrected chi connectivity index (χ4v) is 3.21. The van der Waals surface area contributed by atoms with Crippen molar-refractivity contribution in [2.24, 2.45) is 0 Å². The summed E-state index contributed by atoms with van der Waals surface area (Å²) in [6.07, 6.45) is 1.58. The van der Waals surface area contributed by atoms with Crippen molar-refractivity contribution >= 4 is 29.3 Å². The molecule has 0 unspecified atom stereocenters. The Kier molecular flexibility index (Phi) is 5.92. The number of carbonyl (C=O) groups is 2. The largest absolute Gasteiger partial charge is 0.465 e. The van der Waals surface area contributed by atoms with Crippen LogP contribution < -0.4 is 5.32 Å². The first-order valence-electron chi connectivity index (χ1n) is 8.20. The second kappa shape index (κ2) is 8.54. The maximum atomic E-state index is 12.2. The number of methoxy groups -OCH3 is 1. The molecule has 0 radical (unpaired) electrons. The number of carbonyl (C=O) groups excluding carboxylic acids is 2. The summed E-state index contributed by atoms with van der Waals surface area (Å²) in [6, 6.07) is 10.1. The highest BCUT2D eigenvalue weighted by Crippen LogP contribution is 2.24. The number of aromatic nitrogens is 3. The van der Waals surface area contributed by atoms with E-state index in [0.29, 0.717) is 34.5 Å². The lowest BCUT2D eigenvalue weighted by Gasteiger charge is -2.07. The number of furan rings is 1. The van der Waals surface area contributed by atoms with Crippen molar-refractivity contribution in [1.29, 1.82) is 0 Å². The van der Waals surface area contributed by atoms with Crippen LogP contribution in [0.5, 0.6) is 0 Å². The number of hydrogen-bond acceptors (Lipinski definition) is 7. The lowest BCUT2D eigenvalue weighted by Crippen LogP contribution is -2.14. The number of hydrogen-bond donors (Lipinski definition) is 1. The van der Waals surface area contributed by atoms with Gasteiger partial charge in [0.25, 0.3) is 0 Å². The summed E-state index contributed by atoms with van der Waals surface area (Å²) in [4.78, 5) is 23.6. The van der Waals surface area contributed by atoms with E-state index in [-0.39, 0.29) is 11.7 Å². The maximum Gasteiger partial charge on any atom is 0.337 e. The normalized spacial score (nSPS) is 10.6. The van der Waals surface area contributed by atoms with Crippen LogP contribution in [0.2, 0.25) is 0 Å². The smallest absolute Gasteiger partial charge is 0.337 e. The van der Waals surface area contributed by atoms with Crippen molar-refractivity contribution < 1.29 is 18.7 Å². The maximum absolute atomic E-state index is 12.2. The van der Waals surface area contributed by atoms with E-state index in [1.807, 2.05) is 17.6 Å². The zero-order valence-electron chi connectivity index (χ0n) is 14.8. The number of benzene rings is 1. The van der Waals surface area contributed by atoms with E-state index >= 15 is 0 Å². The fraction of sp³-hybridized carbons (Fsp3) is 0.222. The molecule has 0 saturated carbocycles. The Morgan fingerprint density at radius 3 is 2.63 bits per heavy atom. The summed E-state index contributed by atoms with van der Waals surface area (Å²) in [7, 11) is 1.32. The summed E-state index contributed by atoms with van der Waals surface area (Å²) >= 11 is 1.29. The van der Waals surface area contributed by atoms with Crippen molar-refractivity contribution in [3.63, 3.8) is 0 Å². The molecule has 2 aromatic heterocycles. The number of anilines is 1. The lowest BCUT2D eigenvalue weighted by molar-refractivity contribution is -0.113. The number of rotatable bonds is 7. The molecule has 0 fully saturated rings. The van der Waals surface area contributed by atoms with Crippen molar-refractivity contribution in [1.82, 2.24) is 14.8 Å². The van der Waals surface area contributed by atoms with Gasteiger partial charge in [0.05, 0.1) is 24.7 Å². The average molecular weight is 386 g/mol. The van der Waals surface area contributed by atoms with E-state index in [0.717, 1.165) is 0 Å². The molecule has 27 heavy (non-hydrogen) atoms. The van der Waals surface area contributed by atoms with Gasteiger partial charge in [-0.2, -0.15) is 0 Å². The minimum absolute atomic E-state index is 0.176. The second-order valence-corrected chi connectivity index (χ2v) is 6.38. The van der Waals surface area contributed by atoms with E-state index in [9.17, 15) is 9.59 Å². The van der Waals surface area contributed by atoms with E-state index in [1.54, 1.807) is 36.6 Å². The SMILES string of the molecule is CCn1c(SCC(=O)Nc2ccc(C(=O)OC)cc2)nnc1-c1ccco1. The standard InChI is InChI=1S/C18H18N4O4S/c1-3-22-16(14-5-4-10-26-14)20-21-18(22)27-11-15(23)19-13-8-6-12(7-9-13)17(24)25-2/h4-10H,3,11H2,1-2H3,(H,19,23). The Morgan fingerprint density at radius 2 is 2.00 bits per heavy atom. The van der Waals surface area contributed by atoms with Crippen molar-refractivity contribution in [3.8, 4) is 11.6 Å². The molecule has 2 heterocycles. The van der Waals surface area contributed by atoms with Gasteiger partial charge in [0.2, 0.25) is 5.91 Å². The van der Waals surface area contributed by atoms with Crippen LogP contribution in [-0.4, -0.2) is 39.5 Å². The van der Waals surface area contributed by atoms with Crippen LogP contribution in [0.4, 0.5) is 5.69 Å². The Bertz CT molecular complexity index is 920. The number of esters is 1. The van der Waals surface area contributed by atoms with Gasteiger partial charge in [-0.1, -0.05) is 11.8 Å². The lowest BCUT2D eigenvalue weighted by atomic mass is 10.2. The molecule has 0 aliphatic heterocycles. The highest BCUT2D eigenvalue weighted by atomic mass is 32.2. The molecule has 3 aromatic rings. The summed E-state index contributed by atoms with van der Waals surface area (Å²) in [5.41, 5.74) is 1.02.